The Morgan fingerprint density at radius 2 is 0.871 bits per heavy atom. The minimum Gasteiger partial charge on any atom is -0.453 e. The van der Waals surface area contributed by atoms with Crippen LogP contribution in [0.4, 0.5) is 68.2 Å². The molecule has 0 amide bonds. The summed E-state index contributed by atoms with van der Waals surface area (Å²) in [5, 5.41) is 0. The summed E-state index contributed by atoms with van der Waals surface area (Å²) in [6.07, 6.45) is 0. The number of para-hydroxylation sites is 8. The maximum Gasteiger partial charge on any atom is 0.252 e. The highest BCUT2D eigenvalue weighted by atomic mass is 32.2. The van der Waals surface area contributed by atoms with Gasteiger partial charge in [0.05, 0.1) is 34.1 Å². The number of benzene rings is 9. The molecule has 6 aliphatic heterocycles. The lowest BCUT2D eigenvalue weighted by Crippen LogP contribution is -2.64. The van der Waals surface area contributed by atoms with Crippen molar-refractivity contribution in [2.45, 2.75) is 9.79 Å². The molecule has 0 unspecified atom stereocenters. The Bertz CT molecular complexity index is 3430. The van der Waals surface area contributed by atoms with Gasteiger partial charge in [0.2, 0.25) is 6.71 Å². The van der Waals surface area contributed by atoms with Crippen LogP contribution in [-0.4, -0.2) is 13.4 Å². The van der Waals surface area contributed by atoms with E-state index in [0.717, 1.165) is 34.2 Å². The second kappa shape index (κ2) is 12.1. The van der Waals surface area contributed by atoms with Gasteiger partial charge in [0.25, 0.3) is 6.71 Å². The van der Waals surface area contributed by atoms with E-state index in [2.05, 4.69) is 214 Å². The molecule has 6 heterocycles. The van der Waals surface area contributed by atoms with E-state index < -0.39 is 0 Å². The average Bonchev–Trinajstić information content (AvgIpc) is 3.33. The van der Waals surface area contributed by atoms with Crippen LogP contribution in [0.15, 0.2) is 204 Å². The van der Waals surface area contributed by atoms with E-state index in [9.17, 15) is 0 Å². The van der Waals surface area contributed by atoms with E-state index in [0.29, 0.717) is 0 Å². The molecule has 62 heavy (non-hydrogen) atoms. The Balaban J connectivity index is 1.03. The molecule has 9 aromatic rings. The number of rotatable bonds is 2. The second-order valence-corrected chi connectivity index (χ2v) is 17.9. The quantitative estimate of drug-likeness (QED) is 0.161. The molecular weight excluding hydrogens is 774 g/mol. The van der Waals surface area contributed by atoms with Gasteiger partial charge in [-0.1, -0.05) is 120 Å². The number of hydrogen-bond donors (Lipinski definition) is 0. The number of fused-ring (bicyclic) bond motifs is 14. The molecule has 0 spiro atoms. The molecule has 8 heteroatoms. The Kier molecular flexibility index (Phi) is 6.46. The molecule has 9 aromatic carbocycles. The van der Waals surface area contributed by atoms with Crippen LogP contribution in [-0.2, 0) is 0 Å². The smallest absolute Gasteiger partial charge is 0.252 e. The summed E-state index contributed by atoms with van der Waals surface area (Å²) >= 11 is 1.90. The number of nitrogens with zero attached hydrogens (tertiary/aromatic N) is 4. The van der Waals surface area contributed by atoms with Crippen LogP contribution in [0.3, 0.4) is 0 Å². The van der Waals surface area contributed by atoms with Gasteiger partial charge in [-0.2, -0.15) is 0 Å². The van der Waals surface area contributed by atoms with Gasteiger partial charge >= 0.3 is 0 Å². The number of anilines is 12. The second-order valence-electron chi connectivity index (χ2n) is 16.8. The fraction of sp³-hybridized carbons (Fsp3) is 0. The molecule has 0 radical (unpaired) electrons. The molecule has 5 nitrogen and oxygen atoms in total. The van der Waals surface area contributed by atoms with Crippen LogP contribution in [0.2, 0.25) is 0 Å². The van der Waals surface area contributed by atoms with Gasteiger partial charge in [0, 0.05) is 43.9 Å². The predicted molar refractivity (Wildman–Crippen MR) is 259 cm³/mol. The SMILES string of the molecule is c1ccc(N2c3cc4c(cc3B3c5ccccc5N5c6ccccc6N(c6ccccc6)c6ccc2c3c65)B2c3ccccc3N3c5ccccc5Oc5ccc(c2c53)S4)cc1. The molecule has 0 N–H and O–H groups in total. The van der Waals surface area contributed by atoms with Crippen LogP contribution < -0.4 is 57.1 Å². The van der Waals surface area contributed by atoms with Gasteiger partial charge in [-0.25, -0.2) is 0 Å². The zero-order valence-corrected chi connectivity index (χ0v) is 34.1. The van der Waals surface area contributed by atoms with Gasteiger partial charge in [-0.05, 0) is 118 Å². The van der Waals surface area contributed by atoms with Gasteiger partial charge in [-0.15, -0.1) is 0 Å². The summed E-state index contributed by atoms with van der Waals surface area (Å²) in [4.78, 5) is 12.6. The summed E-state index contributed by atoms with van der Waals surface area (Å²) in [6.45, 7) is 0.00651. The van der Waals surface area contributed by atoms with Crippen molar-refractivity contribution >= 4 is 126 Å². The number of hydrogen-bond acceptors (Lipinski definition) is 6. The van der Waals surface area contributed by atoms with E-state index in [1.165, 1.54) is 88.1 Å². The highest BCUT2D eigenvalue weighted by Gasteiger charge is 2.50. The first-order valence-electron chi connectivity index (χ1n) is 21.3. The first-order valence-corrected chi connectivity index (χ1v) is 22.2. The molecule has 0 aliphatic carbocycles. The normalized spacial score (nSPS) is 14.6. The minimum absolute atomic E-state index is 0.0165. The van der Waals surface area contributed by atoms with Crippen molar-refractivity contribution in [3.05, 3.63) is 194 Å². The van der Waals surface area contributed by atoms with Crippen LogP contribution in [0, 0.1) is 0 Å². The van der Waals surface area contributed by atoms with Crippen LogP contribution in [0.5, 0.6) is 11.5 Å². The van der Waals surface area contributed by atoms with Gasteiger partial charge in [0.1, 0.15) is 0 Å². The molecule has 0 atom stereocenters. The molecule has 6 aliphatic rings. The molecule has 0 saturated heterocycles. The zero-order valence-electron chi connectivity index (χ0n) is 33.2. The third-order valence-electron chi connectivity index (χ3n) is 13.8. The monoisotopic (exact) mass is 806 g/mol. The molecule has 0 aromatic heterocycles. The van der Waals surface area contributed by atoms with Gasteiger partial charge < -0.3 is 24.3 Å². The molecule has 15 rings (SSSR count). The highest BCUT2D eigenvalue weighted by molar-refractivity contribution is 8.00. The fourth-order valence-electron chi connectivity index (χ4n) is 11.4. The van der Waals surface area contributed by atoms with Crippen molar-refractivity contribution in [3.63, 3.8) is 0 Å². The topological polar surface area (TPSA) is 22.2 Å². The molecule has 0 fully saturated rings. The van der Waals surface area contributed by atoms with Crippen molar-refractivity contribution in [1.82, 2.24) is 0 Å². The van der Waals surface area contributed by atoms with Crippen LogP contribution in [0.1, 0.15) is 0 Å². The molecule has 0 bridgehead atoms. The largest absolute Gasteiger partial charge is 0.453 e. The summed E-state index contributed by atoms with van der Waals surface area (Å²) < 4.78 is 6.72. The maximum atomic E-state index is 6.72. The van der Waals surface area contributed by atoms with Crippen molar-refractivity contribution in [2.24, 2.45) is 0 Å². The van der Waals surface area contributed by atoms with Crippen molar-refractivity contribution in [2.75, 3.05) is 19.6 Å². The lowest BCUT2D eigenvalue weighted by atomic mass is 9.31. The highest BCUT2D eigenvalue weighted by Crippen LogP contribution is 2.57. The van der Waals surface area contributed by atoms with Gasteiger partial charge in [0.15, 0.2) is 11.5 Å². The summed E-state index contributed by atoms with van der Waals surface area (Å²) in [5.41, 5.74) is 22.1. The fourth-order valence-corrected chi connectivity index (χ4v) is 12.6. The first kappa shape index (κ1) is 33.2. The summed E-state index contributed by atoms with van der Waals surface area (Å²) in [5.74, 6) is 1.79. The number of ether oxygens (including phenoxy) is 1. The summed E-state index contributed by atoms with van der Waals surface area (Å²) in [7, 11) is 0. The van der Waals surface area contributed by atoms with Crippen molar-refractivity contribution in [1.29, 1.82) is 0 Å². The lowest BCUT2D eigenvalue weighted by Gasteiger charge is -2.49. The molecule has 0 saturated carbocycles. The standard InChI is InChI=1S/C54H32B2N4OS/c1-3-15-33(16-4-1)57-41-23-11-12-24-42(41)59-39-21-9-7-19-35(39)55-37-31-38-50(32-46(37)58(34-17-5-2-6-18-34)44-27-28-45(57)53(59)51(44)55)62-49-30-29-48-54-52(49)56(38)36-20-8-10-22-40(36)60(54)43-25-13-14-26-47(43)61-48/h1-32H. The van der Waals surface area contributed by atoms with Crippen LogP contribution >= 0.6 is 11.8 Å². The Morgan fingerprint density at radius 1 is 0.323 bits per heavy atom. The molecular formula is C54H32B2N4OS. The Morgan fingerprint density at radius 3 is 1.58 bits per heavy atom. The third-order valence-corrected chi connectivity index (χ3v) is 14.9. The van der Waals surface area contributed by atoms with Crippen molar-refractivity contribution < 1.29 is 4.74 Å². The van der Waals surface area contributed by atoms with E-state index in [4.69, 9.17) is 4.74 Å². The van der Waals surface area contributed by atoms with Gasteiger partial charge in [-0.3, -0.25) is 0 Å². The first-order chi connectivity index (χ1) is 30.8. The molecule has 286 valence electrons. The van der Waals surface area contributed by atoms with Crippen LogP contribution in [0.25, 0.3) is 0 Å². The van der Waals surface area contributed by atoms with E-state index >= 15 is 0 Å². The lowest BCUT2D eigenvalue weighted by molar-refractivity contribution is 0.477. The Labute approximate surface area is 364 Å². The summed E-state index contributed by atoms with van der Waals surface area (Å²) in [6, 6.07) is 71.6. The van der Waals surface area contributed by atoms with E-state index in [1.54, 1.807) is 0 Å². The third kappa shape index (κ3) is 4.17. The predicted octanol–water partition coefficient (Wildman–Crippen LogP) is 10.4. The maximum absolute atomic E-state index is 6.72. The van der Waals surface area contributed by atoms with E-state index in [-0.39, 0.29) is 13.4 Å². The van der Waals surface area contributed by atoms with Crippen molar-refractivity contribution in [3.8, 4) is 11.5 Å². The van der Waals surface area contributed by atoms with E-state index in [1.807, 2.05) is 11.8 Å². The Hall–Kier alpha value is -7.54. The zero-order chi connectivity index (χ0) is 40.2. The minimum atomic E-state index is -0.0165. The average molecular weight is 807 g/mol.